The second-order valence-corrected chi connectivity index (χ2v) is 9.71. The average Bonchev–Trinajstić information content (AvgIpc) is 2.70. The number of carbonyl (C=O) groups excluding carboxylic acids is 1. The van der Waals surface area contributed by atoms with Crippen LogP contribution in [0.2, 0.25) is 5.02 Å². The number of benzene rings is 3. The quantitative estimate of drug-likeness (QED) is 0.434. The van der Waals surface area contributed by atoms with Crippen molar-refractivity contribution in [2.75, 3.05) is 5.32 Å². The number of anilines is 1. The molecule has 1 atom stereocenters. The van der Waals surface area contributed by atoms with Crippen LogP contribution < -0.4 is 10.0 Å². The van der Waals surface area contributed by atoms with Gasteiger partial charge in [-0.15, -0.1) is 0 Å². The molecule has 1 amide bonds. The van der Waals surface area contributed by atoms with Gasteiger partial charge in [-0.3, -0.25) is 4.79 Å². The summed E-state index contributed by atoms with van der Waals surface area (Å²) in [5, 5.41) is 3.21. The molecule has 0 aromatic heterocycles. The van der Waals surface area contributed by atoms with Crippen LogP contribution in [-0.2, 0) is 21.2 Å². The zero-order chi connectivity index (χ0) is 20.9. The second-order valence-electron chi connectivity index (χ2n) is 6.31. The third-order valence-electron chi connectivity index (χ3n) is 4.13. The first-order valence-electron chi connectivity index (χ1n) is 8.72. The van der Waals surface area contributed by atoms with Gasteiger partial charge in [0.05, 0.1) is 4.90 Å². The summed E-state index contributed by atoms with van der Waals surface area (Å²) in [7, 11) is -3.91. The lowest BCUT2D eigenvalue weighted by Crippen LogP contribution is -2.45. The third-order valence-corrected chi connectivity index (χ3v) is 6.59. The molecular weight excluding hydrogens is 523 g/mol. The van der Waals surface area contributed by atoms with Crippen molar-refractivity contribution in [2.24, 2.45) is 0 Å². The first-order valence-corrected chi connectivity index (χ1v) is 11.7. The Morgan fingerprint density at radius 2 is 1.55 bits per heavy atom. The molecular formula is C21H18ClIN2O3S. The van der Waals surface area contributed by atoms with Crippen molar-refractivity contribution in [1.82, 2.24) is 4.72 Å². The van der Waals surface area contributed by atoms with Crippen molar-refractivity contribution in [3.63, 3.8) is 0 Å². The highest BCUT2D eigenvalue weighted by molar-refractivity contribution is 14.1. The van der Waals surface area contributed by atoms with Crippen LogP contribution in [0.15, 0.2) is 83.8 Å². The Hall–Kier alpha value is -1.94. The molecule has 0 saturated carbocycles. The summed E-state index contributed by atoms with van der Waals surface area (Å²) in [4.78, 5) is 12.9. The van der Waals surface area contributed by atoms with Crippen LogP contribution in [0.1, 0.15) is 5.56 Å². The Morgan fingerprint density at radius 1 is 0.931 bits per heavy atom. The van der Waals surface area contributed by atoms with E-state index in [1.807, 2.05) is 42.5 Å². The number of rotatable bonds is 7. The zero-order valence-corrected chi connectivity index (χ0v) is 18.9. The second kappa shape index (κ2) is 9.71. The predicted molar refractivity (Wildman–Crippen MR) is 123 cm³/mol. The average molecular weight is 541 g/mol. The Kier molecular flexibility index (Phi) is 7.28. The van der Waals surface area contributed by atoms with Gasteiger partial charge in [0.2, 0.25) is 15.9 Å². The van der Waals surface area contributed by atoms with Crippen molar-refractivity contribution in [3.8, 4) is 0 Å². The number of halogens is 2. The van der Waals surface area contributed by atoms with Gasteiger partial charge < -0.3 is 5.32 Å². The lowest BCUT2D eigenvalue weighted by atomic mass is 10.1. The highest BCUT2D eigenvalue weighted by Crippen LogP contribution is 2.17. The van der Waals surface area contributed by atoms with Gasteiger partial charge >= 0.3 is 0 Å². The topological polar surface area (TPSA) is 75.3 Å². The van der Waals surface area contributed by atoms with E-state index in [1.165, 1.54) is 24.3 Å². The maximum Gasteiger partial charge on any atom is 0.242 e. The van der Waals surface area contributed by atoms with Crippen LogP contribution in [-0.4, -0.2) is 20.4 Å². The first kappa shape index (κ1) is 21.8. The molecule has 2 N–H and O–H groups in total. The Labute approximate surface area is 188 Å². The van der Waals surface area contributed by atoms with Crippen LogP contribution in [0.4, 0.5) is 5.69 Å². The molecule has 150 valence electrons. The predicted octanol–water partition coefficient (Wildman–Crippen LogP) is 4.47. The van der Waals surface area contributed by atoms with Crippen LogP contribution in [0.5, 0.6) is 0 Å². The molecule has 3 aromatic carbocycles. The summed E-state index contributed by atoms with van der Waals surface area (Å²) in [6.45, 7) is 0. The monoisotopic (exact) mass is 540 g/mol. The third kappa shape index (κ3) is 6.27. The van der Waals surface area contributed by atoms with E-state index in [1.54, 1.807) is 12.1 Å². The van der Waals surface area contributed by atoms with Gasteiger partial charge in [0.1, 0.15) is 6.04 Å². The molecule has 3 aromatic rings. The van der Waals surface area contributed by atoms with Gasteiger partial charge in [-0.25, -0.2) is 8.42 Å². The molecule has 0 fully saturated rings. The van der Waals surface area contributed by atoms with Crippen LogP contribution >= 0.6 is 34.2 Å². The summed E-state index contributed by atoms with van der Waals surface area (Å²) in [5.74, 6) is -0.437. The Balaban J connectivity index is 1.84. The molecule has 0 heterocycles. The minimum atomic E-state index is -3.91. The molecule has 0 aliphatic heterocycles. The van der Waals surface area contributed by atoms with E-state index in [4.69, 9.17) is 11.6 Å². The molecule has 0 spiro atoms. The number of hydrogen-bond acceptors (Lipinski definition) is 3. The van der Waals surface area contributed by atoms with Gasteiger partial charge in [0.15, 0.2) is 0 Å². The number of sulfonamides is 1. The summed E-state index contributed by atoms with van der Waals surface area (Å²) < 4.78 is 29.2. The van der Waals surface area contributed by atoms with E-state index >= 15 is 0 Å². The van der Waals surface area contributed by atoms with Gasteiger partial charge in [-0.2, -0.15) is 4.72 Å². The fourth-order valence-electron chi connectivity index (χ4n) is 2.67. The number of nitrogens with one attached hydrogen (secondary N) is 2. The lowest BCUT2D eigenvalue weighted by molar-refractivity contribution is -0.117. The zero-order valence-electron chi connectivity index (χ0n) is 15.2. The molecule has 0 saturated heterocycles. The summed E-state index contributed by atoms with van der Waals surface area (Å²) >= 11 is 8.02. The fraction of sp³-hybridized carbons (Fsp3) is 0.0952. The van der Waals surface area contributed by atoms with Crippen LogP contribution in [0.3, 0.4) is 0 Å². The van der Waals surface area contributed by atoms with E-state index in [-0.39, 0.29) is 11.3 Å². The van der Waals surface area contributed by atoms with Gasteiger partial charge in [0, 0.05) is 14.3 Å². The molecule has 8 heteroatoms. The van der Waals surface area contributed by atoms with Gasteiger partial charge in [-0.1, -0.05) is 41.9 Å². The first-order chi connectivity index (χ1) is 13.8. The highest BCUT2D eigenvalue weighted by atomic mass is 127. The smallest absolute Gasteiger partial charge is 0.242 e. The van der Waals surface area contributed by atoms with Gasteiger partial charge in [-0.05, 0) is 83.1 Å². The number of carbonyl (C=O) groups is 1. The van der Waals surface area contributed by atoms with Crippen LogP contribution in [0, 0.1) is 3.57 Å². The van der Waals surface area contributed by atoms with Crippen molar-refractivity contribution in [2.45, 2.75) is 17.4 Å². The van der Waals surface area contributed by atoms with Crippen molar-refractivity contribution in [3.05, 3.63) is 93.0 Å². The molecule has 0 aliphatic carbocycles. The van der Waals surface area contributed by atoms with E-state index < -0.39 is 22.0 Å². The molecule has 3 rings (SSSR count). The van der Waals surface area contributed by atoms with Crippen LogP contribution in [0.25, 0.3) is 0 Å². The molecule has 29 heavy (non-hydrogen) atoms. The van der Waals surface area contributed by atoms with Crippen molar-refractivity contribution >= 4 is 55.8 Å². The maximum atomic E-state index is 12.9. The minimum absolute atomic E-state index is 0.0435. The minimum Gasteiger partial charge on any atom is -0.325 e. The molecule has 0 unspecified atom stereocenters. The number of amides is 1. The molecule has 0 aliphatic rings. The Bertz CT molecular complexity index is 1070. The molecule has 0 radical (unpaired) electrons. The molecule has 5 nitrogen and oxygen atoms in total. The van der Waals surface area contributed by atoms with E-state index in [9.17, 15) is 13.2 Å². The fourth-order valence-corrected chi connectivity index (χ4v) is 4.35. The number of hydrogen-bond donors (Lipinski definition) is 2. The van der Waals surface area contributed by atoms with Crippen molar-refractivity contribution in [1.29, 1.82) is 0 Å². The lowest BCUT2D eigenvalue weighted by Gasteiger charge is -2.19. The van der Waals surface area contributed by atoms with E-state index in [0.29, 0.717) is 10.7 Å². The maximum absolute atomic E-state index is 12.9. The summed E-state index contributed by atoms with van der Waals surface area (Å²) in [6, 6.07) is 21.3. The highest BCUT2D eigenvalue weighted by Gasteiger charge is 2.26. The normalized spacial score (nSPS) is 12.3. The van der Waals surface area contributed by atoms with E-state index in [2.05, 4.69) is 32.6 Å². The largest absolute Gasteiger partial charge is 0.325 e. The summed E-state index contributed by atoms with van der Waals surface area (Å²) in [5.41, 5.74) is 1.44. The SMILES string of the molecule is O=C(Nc1ccc(I)cc1)[C@H](Cc1ccccc1)NS(=O)(=O)c1ccc(Cl)cc1. The standard InChI is InChI=1S/C21H18ClIN2O3S/c22-16-6-12-19(13-7-16)29(27,28)25-20(14-15-4-2-1-3-5-15)21(26)24-18-10-8-17(23)9-11-18/h1-13,20,25H,14H2,(H,24,26)/t20-/m0/s1. The van der Waals surface area contributed by atoms with E-state index in [0.717, 1.165) is 9.13 Å². The Morgan fingerprint density at radius 3 is 2.17 bits per heavy atom. The van der Waals surface area contributed by atoms with Crippen molar-refractivity contribution < 1.29 is 13.2 Å². The summed E-state index contributed by atoms with van der Waals surface area (Å²) in [6.07, 6.45) is 0.212. The molecule has 0 bridgehead atoms. The van der Waals surface area contributed by atoms with Gasteiger partial charge in [0.25, 0.3) is 0 Å².